The number of anilines is 2. The van der Waals surface area contributed by atoms with Crippen LogP contribution < -0.4 is 9.80 Å². The Morgan fingerprint density at radius 3 is 2.33 bits per heavy atom. The average molecular weight is 412 g/mol. The molecule has 10 nitrogen and oxygen atoms in total. The van der Waals surface area contributed by atoms with Crippen molar-refractivity contribution in [2.24, 2.45) is 0 Å². The van der Waals surface area contributed by atoms with Crippen molar-refractivity contribution in [3.05, 3.63) is 47.8 Å². The van der Waals surface area contributed by atoms with Crippen molar-refractivity contribution < 1.29 is 28.4 Å². The number of carbonyl (C=O) groups is 2. The summed E-state index contributed by atoms with van der Waals surface area (Å²) in [7, 11) is 2.49. The second-order valence-corrected chi connectivity index (χ2v) is 6.48. The Balaban J connectivity index is 1.87. The first-order chi connectivity index (χ1) is 14.7. The van der Waals surface area contributed by atoms with Crippen LogP contribution in [0.5, 0.6) is 0 Å². The standard InChI is InChI=1S/C20H20N4O6/c1-27-19(25)13-5-3-4-8-24(18(13)20(26)28-2)15-7-6-14(16-17(15)22-30-21-16)23-9-11-29-12-10-23/h3-8H,9-12H2,1-2H3. The zero-order chi connectivity index (χ0) is 21.1. The molecule has 1 aromatic carbocycles. The van der Waals surface area contributed by atoms with Gasteiger partial charge in [-0.2, -0.15) is 0 Å². The van der Waals surface area contributed by atoms with E-state index in [1.807, 2.05) is 6.07 Å². The number of hydrogen-bond acceptors (Lipinski definition) is 10. The highest BCUT2D eigenvalue weighted by Crippen LogP contribution is 2.35. The van der Waals surface area contributed by atoms with Crippen LogP contribution in [-0.2, 0) is 23.8 Å². The van der Waals surface area contributed by atoms with E-state index in [1.54, 1.807) is 24.4 Å². The van der Waals surface area contributed by atoms with Gasteiger partial charge in [0, 0.05) is 19.3 Å². The lowest BCUT2D eigenvalue weighted by atomic mass is 10.1. The minimum absolute atomic E-state index is 0.00206. The summed E-state index contributed by atoms with van der Waals surface area (Å²) in [4.78, 5) is 28.6. The van der Waals surface area contributed by atoms with Crippen LogP contribution in [-0.4, -0.2) is 62.8 Å². The van der Waals surface area contributed by atoms with Crippen molar-refractivity contribution in [2.45, 2.75) is 0 Å². The highest BCUT2D eigenvalue weighted by molar-refractivity contribution is 6.07. The first kappa shape index (κ1) is 19.6. The summed E-state index contributed by atoms with van der Waals surface area (Å²) in [6.07, 6.45) is 6.45. The molecule has 0 radical (unpaired) electrons. The van der Waals surface area contributed by atoms with Crippen molar-refractivity contribution in [1.29, 1.82) is 0 Å². The summed E-state index contributed by atoms with van der Waals surface area (Å²) in [5, 5.41) is 8.13. The molecule has 1 saturated heterocycles. The van der Waals surface area contributed by atoms with Gasteiger partial charge in [0.25, 0.3) is 0 Å². The maximum absolute atomic E-state index is 12.6. The molecule has 2 aliphatic rings. The van der Waals surface area contributed by atoms with E-state index in [-0.39, 0.29) is 11.3 Å². The molecule has 0 atom stereocenters. The van der Waals surface area contributed by atoms with Crippen molar-refractivity contribution in [1.82, 2.24) is 10.3 Å². The molecule has 0 N–H and O–H groups in total. The van der Waals surface area contributed by atoms with E-state index in [4.69, 9.17) is 18.8 Å². The Bertz CT molecular complexity index is 1060. The van der Waals surface area contributed by atoms with E-state index < -0.39 is 11.9 Å². The third kappa shape index (κ3) is 3.41. The number of benzene rings is 1. The number of carbonyl (C=O) groups excluding carboxylic acids is 2. The first-order valence-corrected chi connectivity index (χ1v) is 9.28. The lowest BCUT2D eigenvalue weighted by Crippen LogP contribution is -2.36. The molecule has 0 unspecified atom stereocenters. The number of morpholine rings is 1. The largest absolute Gasteiger partial charge is 0.465 e. The number of ether oxygens (including phenoxy) is 3. The summed E-state index contributed by atoms with van der Waals surface area (Å²) in [6.45, 7) is 2.67. The minimum Gasteiger partial charge on any atom is -0.465 e. The molecule has 2 aliphatic heterocycles. The molecule has 0 saturated carbocycles. The third-order valence-electron chi connectivity index (χ3n) is 4.87. The van der Waals surface area contributed by atoms with Gasteiger partial charge in [-0.05, 0) is 34.6 Å². The molecule has 10 heteroatoms. The van der Waals surface area contributed by atoms with E-state index in [1.165, 1.54) is 25.2 Å². The highest BCUT2D eigenvalue weighted by Gasteiger charge is 2.30. The fourth-order valence-electron chi connectivity index (χ4n) is 3.45. The smallest absolute Gasteiger partial charge is 0.355 e. The van der Waals surface area contributed by atoms with Gasteiger partial charge in [-0.3, -0.25) is 0 Å². The molecular weight excluding hydrogens is 392 g/mol. The number of methoxy groups -OCH3 is 2. The minimum atomic E-state index is -0.701. The molecule has 0 bridgehead atoms. The number of allylic oxidation sites excluding steroid dienone is 2. The number of esters is 2. The van der Waals surface area contributed by atoms with Crippen LogP contribution in [0.4, 0.5) is 11.4 Å². The van der Waals surface area contributed by atoms with Crippen LogP contribution in [0.25, 0.3) is 11.0 Å². The maximum Gasteiger partial charge on any atom is 0.355 e. The first-order valence-electron chi connectivity index (χ1n) is 9.28. The van der Waals surface area contributed by atoms with Gasteiger partial charge in [-0.15, -0.1) is 0 Å². The van der Waals surface area contributed by atoms with E-state index in [2.05, 4.69) is 15.2 Å². The molecule has 3 heterocycles. The third-order valence-corrected chi connectivity index (χ3v) is 4.87. The van der Waals surface area contributed by atoms with Gasteiger partial charge in [-0.1, -0.05) is 6.08 Å². The van der Waals surface area contributed by atoms with Crippen LogP contribution >= 0.6 is 0 Å². The van der Waals surface area contributed by atoms with Crippen molar-refractivity contribution in [3.63, 3.8) is 0 Å². The van der Waals surface area contributed by atoms with E-state index in [9.17, 15) is 9.59 Å². The quantitative estimate of drug-likeness (QED) is 0.687. The van der Waals surface area contributed by atoms with Crippen molar-refractivity contribution in [3.8, 4) is 0 Å². The van der Waals surface area contributed by atoms with Crippen LogP contribution in [0.2, 0.25) is 0 Å². The van der Waals surface area contributed by atoms with E-state index >= 15 is 0 Å². The summed E-state index contributed by atoms with van der Waals surface area (Å²) >= 11 is 0. The number of nitrogens with zero attached hydrogens (tertiary/aromatic N) is 4. The second kappa shape index (κ2) is 8.37. The molecular formula is C20H20N4O6. The monoisotopic (exact) mass is 412 g/mol. The maximum atomic E-state index is 12.6. The Labute approximate surface area is 171 Å². The molecule has 0 aliphatic carbocycles. The SMILES string of the molecule is COC(=O)C1=C(C(=O)OC)N(c2ccc(N3CCOCC3)c3nonc23)C=CC=C1. The molecule has 4 rings (SSSR count). The van der Waals surface area contributed by atoms with E-state index in [0.29, 0.717) is 43.0 Å². The Morgan fingerprint density at radius 1 is 0.967 bits per heavy atom. The van der Waals surface area contributed by atoms with Gasteiger partial charge in [0.05, 0.1) is 44.4 Å². The van der Waals surface area contributed by atoms with Crippen molar-refractivity contribution in [2.75, 3.05) is 50.3 Å². The predicted octanol–water partition coefficient (Wildman–Crippen LogP) is 1.55. The molecule has 1 fully saturated rings. The Morgan fingerprint density at radius 2 is 1.63 bits per heavy atom. The van der Waals surface area contributed by atoms with Gasteiger partial charge in [-0.25, -0.2) is 14.2 Å². The molecule has 0 amide bonds. The molecule has 156 valence electrons. The lowest BCUT2D eigenvalue weighted by molar-refractivity contribution is -0.139. The average Bonchev–Trinajstić information content (AvgIpc) is 3.18. The summed E-state index contributed by atoms with van der Waals surface area (Å²) in [6, 6.07) is 3.68. The Hall–Kier alpha value is -3.66. The highest BCUT2D eigenvalue weighted by atomic mass is 16.6. The molecule has 1 aromatic heterocycles. The second-order valence-electron chi connectivity index (χ2n) is 6.48. The van der Waals surface area contributed by atoms with Crippen LogP contribution in [0.1, 0.15) is 0 Å². The van der Waals surface area contributed by atoms with Crippen LogP contribution in [0.3, 0.4) is 0 Å². The lowest BCUT2D eigenvalue weighted by Gasteiger charge is -2.29. The topological polar surface area (TPSA) is 107 Å². The van der Waals surface area contributed by atoms with Crippen LogP contribution in [0.15, 0.2) is 52.5 Å². The van der Waals surface area contributed by atoms with E-state index in [0.717, 1.165) is 5.69 Å². The fraction of sp³-hybridized carbons (Fsp3) is 0.300. The summed E-state index contributed by atoms with van der Waals surface area (Å²) < 4.78 is 20.2. The van der Waals surface area contributed by atoms with Gasteiger partial charge in [0.1, 0.15) is 5.70 Å². The fourth-order valence-corrected chi connectivity index (χ4v) is 3.45. The number of fused-ring (bicyclic) bond motifs is 1. The number of aromatic nitrogens is 2. The van der Waals surface area contributed by atoms with Gasteiger partial charge in [0.15, 0.2) is 11.0 Å². The summed E-state index contributed by atoms with van der Waals surface area (Å²) in [5.74, 6) is -1.37. The molecule has 0 spiro atoms. The predicted molar refractivity (Wildman–Crippen MR) is 107 cm³/mol. The normalized spacial score (nSPS) is 16.7. The summed E-state index contributed by atoms with van der Waals surface area (Å²) in [5.41, 5.74) is 2.39. The van der Waals surface area contributed by atoms with Crippen molar-refractivity contribution >= 4 is 34.3 Å². The molecule has 30 heavy (non-hydrogen) atoms. The van der Waals surface area contributed by atoms with Gasteiger partial charge >= 0.3 is 11.9 Å². The number of rotatable bonds is 4. The van der Waals surface area contributed by atoms with Gasteiger partial charge < -0.3 is 24.0 Å². The zero-order valence-corrected chi connectivity index (χ0v) is 16.5. The van der Waals surface area contributed by atoms with Crippen LogP contribution in [0, 0.1) is 0 Å². The zero-order valence-electron chi connectivity index (χ0n) is 16.5. The molecule has 2 aromatic rings. The Kier molecular flexibility index (Phi) is 5.48. The van der Waals surface area contributed by atoms with Gasteiger partial charge in [0.2, 0.25) is 0 Å². The number of hydrogen-bond donors (Lipinski definition) is 0.